The maximum absolute atomic E-state index is 5.80. The predicted octanol–water partition coefficient (Wildman–Crippen LogP) is 2.50. The van der Waals surface area contributed by atoms with Crippen LogP contribution in [0.4, 0.5) is 0 Å². The molecule has 2 atom stereocenters. The van der Waals surface area contributed by atoms with Crippen LogP contribution in [0.15, 0.2) is 24.3 Å². The van der Waals surface area contributed by atoms with Gasteiger partial charge in [-0.15, -0.1) is 12.2 Å². The lowest BCUT2D eigenvalue weighted by atomic mass is 10.1. The van der Waals surface area contributed by atoms with Gasteiger partial charge >= 0.3 is 0 Å². The van der Waals surface area contributed by atoms with E-state index >= 15 is 0 Å². The molecule has 0 saturated carbocycles. The van der Waals surface area contributed by atoms with E-state index in [4.69, 9.17) is 21.3 Å². The number of thiol groups is 1. The van der Waals surface area contributed by atoms with Gasteiger partial charge in [-0.1, -0.05) is 30.0 Å². The molecule has 3 nitrogen and oxygen atoms in total. The number of rotatable bonds is 3. The molecule has 0 aromatic heterocycles. The Hall–Kier alpha value is -0.0600. The van der Waals surface area contributed by atoms with Gasteiger partial charge in [-0.25, -0.2) is 0 Å². The number of methoxy groups -OCH3 is 1. The molecule has 17 heavy (non-hydrogen) atoms. The highest BCUT2D eigenvalue weighted by molar-refractivity contribution is 8.55. The summed E-state index contributed by atoms with van der Waals surface area (Å²) in [6.07, 6.45) is 0.0370. The molecule has 0 spiro atoms. The van der Waals surface area contributed by atoms with Gasteiger partial charge in [0, 0.05) is 18.7 Å². The molecule has 0 N–H and O–H groups in total. The topological polar surface area (TPSA) is 21.7 Å². The summed E-state index contributed by atoms with van der Waals surface area (Å²) in [4.78, 5) is 0. The largest absolute Gasteiger partial charge is 0.496 e. The van der Waals surface area contributed by atoms with E-state index in [0.29, 0.717) is 6.61 Å². The molecule has 0 bridgehead atoms. The SMILES string of the molecule is COc1ccccc1C1CN([PH](=S)S)CCO1. The van der Waals surface area contributed by atoms with Crippen LogP contribution in [-0.2, 0) is 16.5 Å². The van der Waals surface area contributed by atoms with Gasteiger partial charge in [-0.05, 0) is 6.07 Å². The fraction of sp³-hybridized carbons (Fsp3) is 0.455. The zero-order valence-electron chi connectivity index (χ0n) is 9.63. The van der Waals surface area contributed by atoms with Crippen molar-refractivity contribution >= 4 is 30.1 Å². The van der Waals surface area contributed by atoms with Crippen LogP contribution in [0.1, 0.15) is 11.7 Å². The van der Waals surface area contributed by atoms with Crippen LogP contribution in [0.5, 0.6) is 5.75 Å². The molecule has 1 heterocycles. The van der Waals surface area contributed by atoms with Crippen molar-refractivity contribution in [2.75, 3.05) is 26.8 Å². The average Bonchev–Trinajstić information content (AvgIpc) is 2.39. The Bertz CT molecular complexity index is 416. The minimum absolute atomic E-state index is 0.0370. The molecule has 1 aliphatic heterocycles. The summed E-state index contributed by atoms with van der Waals surface area (Å²) in [5.41, 5.74) is 1.09. The first-order chi connectivity index (χ1) is 8.22. The van der Waals surface area contributed by atoms with Crippen molar-refractivity contribution < 1.29 is 9.47 Å². The standard InChI is InChI=1S/C11H16NO2PS2/c1-13-10-5-3-2-4-9(10)11-8-12(15(16)17)6-7-14-11/h2-5,11,15H,6-8H2,1H3,(H,16,17). The maximum Gasteiger partial charge on any atom is 0.124 e. The summed E-state index contributed by atoms with van der Waals surface area (Å²) in [6, 6.07) is 6.86. The molecule has 2 unspecified atom stereocenters. The highest BCUT2D eigenvalue weighted by Crippen LogP contribution is 2.38. The van der Waals surface area contributed by atoms with Crippen molar-refractivity contribution in [1.29, 1.82) is 0 Å². The smallest absolute Gasteiger partial charge is 0.124 e. The molecular formula is C11H16NO2PS2. The monoisotopic (exact) mass is 289 g/mol. The van der Waals surface area contributed by atoms with Crippen molar-refractivity contribution in [2.24, 2.45) is 0 Å². The number of morpholine rings is 1. The highest BCUT2D eigenvalue weighted by Gasteiger charge is 2.24. The normalized spacial score (nSPS) is 23.3. The van der Waals surface area contributed by atoms with Crippen molar-refractivity contribution in [2.45, 2.75) is 6.10 Å². The second-order valence-electron chi connectivity index (χ2n) is 3.83. The fourth-order valence-corrected chi connectivity index (χ4v) is 3.59. The molecular weight excluding hydrogens is 273 g/mol. The van der Waals surface area contributed by atoms with Gasteiger partial charge in [0.2, 0.25) is 0 Å². The number of ether oxygens (including phenoxy) is 2. The third kappa shape index (κ3) is 3.24. The Morgan fingerprint density at radius 1 is 1.53 bits per heavy atom. The summed E-state index contributed by atoms with van der Waals surface area (Å²) < 4.78 is 13.4. The van der Waals surface area contributed by atoms with Crippen LogP contribution >= 0.6 is 18.3 Å². The van der Waals surface area contributed by atoms with E-state index < -0.39 is 6.05 Å². The van der Waals surface area contributed by atoms with Gasteiger partial charge in [0.25, 0.3) is 0 Å². The van der Waals surface area contributed by atoms with Crippen LogP contribution in [0.2, 0.25) is 0 Å². The average molecular weight is 289 g/mol. The van der Waals surface area contributed by atoms with Crippen molar-refractivity contribution in [1.82, 2.24) is 4.67 Å². The lowest BCUT2D eigenvalue weighted by molar-refractivity contribution is -0.00134. The Kier molecular flexibility index (Phi) is 4.88. The Labute approximate surface area is 113 Å². The lowest BCUT2D eigenvalue weighted by Crippen LogP contribution is -2.33. The van der Waals surface area contributed by atoms with Gasteiger partial charge in [0.15, 0.2) is 0 Å². The van der Waals surface area contributed by atoms with Crippen molar-refractivity contribution in [3.63, 3.8) is 0 Å². The molecule has 0 radical (unpaired) electrons. The zero-order chi connectivity index (χ0) is 12.3. The molecule has 0 amide bonds. The Morgan fingerprint density at radius 3 is 3.00 bits per heavy atom. The molecule has 1 aliphatic rings. The van der Waals surface area contributed by atoms with E-state index in [1.807, 2.05) is 24.3 Å². The van der Waals surface area contributed by atoms with Crippen LogP contribution in [-0.4, -0.2) is 31.5 Å². The number of para-hydroxylation sites is 1. The second-order valence-corrected chi connectivity index (χ2v) is 8.37. The molecule has 94 valence electrons. The zero-order valence-corrected chi connectivity index (χ0v) is 12.3. The predicted molar refractivity (Wildman–Crippen MR) is 77.9 cm³/mol. The van der Waals surface area contributed by atoms with E-state index in [0.717, 1.165) is 24.4 Å². The van der Waals surface area contributed by atoms with Crippen LogP contribution in [0, 0.1) is 0 Å². The quantitative estimate of drug-likeness (QED) is 0.681. The molecule has 1 aromatic carbocycles. The summed E-state index contributed by atoms with van der Waals surface area (Å²) in [5, 5.41) is 0. The molecule has 1 saturated heterocycles. The first-order valence-corrected chi connectivity index (χ1v) is 9.31. The summed E-state index contributed by atoms with van der Waals surface area (Å²) in [7, 11) is 1.68. The molecule has 0 aliphatic carbocycles. The summed E-state index contributed by atoms with van der Waals surface area (Å²) >= 11 is 9.67. The Balaban J connectivity index is 2.18. The van der Waals surface area contributed by atoms with E-state index in [1.165, 1.54) is 0 Å². The number of benzene rings is 1. The number of hydrogen-bond donors (Lipinski definition) is 1. The van der Waals surface area contributed by atoms with Crippen LogP contribution in [0.25, 0.3) is 0 Å². The third-order valence-corrected chi connectivity index (χ3v) is 5.39. The minimum atomic E-state index is -1.10. The Morgan fingerprint density at radius 2 is 2.29 bits per heavy atom. The fourth-order valence-electron chi connectivity index (χ4n) is 1.94. The van der Waals surface area contributed by atoms with Crippen molar-refractivity contribution in [3.05, 3.63) is 29.8 Å². The molecule has 6 heteroatoms. The first kappa shape index (κ1) is 13.4. The van der Waals surface area contributed by atoms with Crippen LogP contribution < -0.4 is 4.74 Å². The van der Waals surface area contributed by atoms with Gasteiger partial charge in [0.1, 0.15) is 5.75 Å². The number of hydrogen-bond acceptors (Lipinski definition) is 3. The summed E-state index contributed by atoms with van der Waals surface area (Å²) in [5.74, 6) is 0.872. The van der Waals surface area contributed by atoms with E-state index in [-0.39, 0.29) is 6.10 Å². The first-order valence-electron chi connectivity index (χ1n) is 5.44. The third-order valence-electron chi connectivity index (χ3n) is 2.82. The van der Waals surface area contributed by atoms with Crippen molar-refractivity contribution in [3.8, 4) is 5.75 Å². The highest BCUT2D eigenvalue weighted by atomic mass is 32.9. The van der Waals surface area contributed by atoms with Gasteiger partial charge in [-0.3, -0.25) is 4.67 Å². The van der Waals surface area contributed by atoms with Crippen LogP contribution in [0.3, 0.4) is 0 Å². The molecule has 1 aromatic rings. The van der Waals surface area contributed by atoms with E-state index in [1.54, 1.807) is 7.11 Å². The van der Waals surface area contributed by atoms with Gasteiger partial charge in [-0.2, -0.15) is 0 Å². The number of nitrogens with zero attached hydrogens (tertiary/aromatic N) is 1. The second kappa shape index (κ2) is 6.21. The summed E-state index contributed by atoms with van der Waals surface area (Å²) in [6.45, 7) is 2.39. The van der Waals surface area contributed by atoms with E-state index in [2.05, 4.69) is 16.9 Å². The van der Waals surface area contributed by atoms with Gasteiger partial charge < -0.3 is 9.47 Å². The lowest BCUT2D eigenvalue weighted by Gasteiger charge is -2.33. The molecule has 2 rings (SSSR count). The van der Waals surface area contributed by atoms with Gasteiger partial charge in [0.05, 0.1) is 25.9 Å². The van der Waals surface area contributed by atoms with E-state index in [9.17, 15) is 0 Å². The maximum atomic E-state index is 5.80. The minimum Gasteiger partial charge on any atom is -0.496 e. The molecule has 1 fully saturated rings.